The van der Waals surface area contributed by atoms with Crippen molar-refractivity contribution in [2.45, 2.75) is 13.5 Å². The molecular weight excluding hydrogens is 590 g/mol. The fourth-order valence-electron chi connectivity index (χ4n) is 2.92. The van der Waals surface area contributed by atoms with Crippen molar-refractivity contribution in [1.29, 1.82) is 5.26 Å². The molecule has 0 saturated heterocycles. The number of benzene rings is 3. The van der Waals surface area contributed by atoms with Gasteiger partial charge in [0.05, 0.1) is 10.2 Å². The number of hydrogen-bond donors (Lipinski definition) is 2. The first-order valence-electron chi connectivity index (χ1n) is 10.1. The molecule has 0 saturated carbocycles. The molecule has 9 heteroatoms. The maximum atomic E-state index is 12.6. The molecular formula is C25H19Cl2IN2O4. The van der Waals surface area contributed by atoms with Gasteiger partial charge < -0.3 is 19.9 Å². The van der Waals surface area contributed by atoms with Crippen molar-refractivity contribution in [3.63, 3.8) is 0 Å². The molecule has 0 unspecified atom stereocenters. The lowest BCUT2D eigenvalue weighted by Crippen LogP contribution is -2.13. The van der Waals surface area contributed by atoms with Crippen LogP contribution in [0, 0.1) is 14.9 Å². The lowest BCUT2D eigenvalue weighted by Gasteiger charge is -2.15. The third kappa shape index (κ3) is 6.79. The van der Waals surface area contributed by atoms with Crippen molar-refractivity contribution in [3.8, 4) is 23.3 Å². The number of carbonyl (C=O) groups is 1. The van der Waals surface area contributed by atoms with E-state index in [1.165, 1.54) is 30.3 Å². The number of nitriles is 1. The summed E-state index contributed by atoms with van der Waals surface area (Å²) >= 11 is 14.3. The third-order valence-electron chi connectivity index (χ3n) is 4.52. The highest BCUT2D eigenvalue weighted by Crippen LogP contribution is 2.36. The Morgan fingerprint density at radius 2 is 1.88 bits per heavy atom. The van der Waals surface area contributed by atoms with Crippen molar-refractivity contribution in [2.75, 3.05) is 11.9 Å². The van der Waals surface area contributed by atoms with Gasteiger partial charge in [-0.15, -0.1) is 0 Å². The van der Waals surface area contributed by atoms with Crippen molar-refractivity contribution < 1.29 is 19.4 Å². The monoisotopic (exact) mass is 608 g/mol. The molecule has 174 valence electrons. The van der Waals surface area contributed by atoms with Gasteiger partial charge in [0.1, 0.15) is 24.0 Å². The Kier molecular flexibility index (Phi) is 9.05. The van der Waals surface area contributed by atoms with E-state index in [2.05, 4.69) is 27.9 Å². The summed E-state index contributed by atoms with van der Waals surface area (Å²) in [6.45, 7) is 2.45. The Balaban J connectivity index is 1.85. The molecule has 0 aliphatic rings. The van der Waals surface area contributed by atoms with Gasteiger partial charge in [-0.05, 0) is 89.7 Å². The molecule has 3 aromatic rings. The summed E-state index contributed by atoms with van der Waals surface area (Å²) in [6.07, 6.45) is 1.47. The van der Waals surface area contributed by atoms with Gasteiger partial charge >= 0.3 is 0 Å². The van der Waals surface area contributed by atoms with Crippen molar-refractivity contribution in [1.82, 2.24) is 0 Å². The van der Waals surface area contributed by atoms with Gasteiger partial charge in [0.15, 0.2) is 11.5 Å². The minimum atomic E-state index is -0.570. The molecule has 0 aliphatic heterocycles. The first-order chi connectivity index (χ1) is 16.3. The van der Waals surface area contributed by atoms with Crippen LogP contribution in [-0.4, -0.2) is 17.6 Å². The summed E-state index contributed by atoms with van der Waals surface area (Å²) in [5.74, 6) is 0.506. The van der Waals surface area contributed by atoms with Crippen LogP contribution >= 0.6 is 45.8 Å². The normalized spacial score (nSPS) is 11.0. The number of halogens is 3. The van der Waals surface area contributed by atoms with Gasteiger partial charge in [-0.1, -0.05) is 29.3 Å². The van der Waals surface area contributed by atoms with E-state index in [0.717, 1.165) is 9.13 Å². The number of nitrogens with one attached hydrogen (secondary N) is 1. The Hall–Kier alpha value is -2.93. The highest BCUT2D eigenvalue weighted by atomic mass is 127. The summed E-state index contributed by atoms with van der Waals surface area (Å²) in [7, 11) is 0. The first-order valence-corrected chi connectivity index (χ1v) is 11.9. The molecule has 2 N–H and O–H groups in total. The van der Waals surface area contributed by atoms with E-state index in [-0.39, 0.29) is 17.9 Å². The predicted molar refractivity (Wildman–Crippen MR) is 141 cm³/mol. The van der Waals surface area contributed by atoms with Crippen LogP contribution in [0.15, 0.2) is 60.2 Å². The molecule has 0 aliphatic carbocycles. The minimum Gasteiger partial charge on any atom is -0.508 e. The van der Waals surface area contributed by atoms with E-state index >= 15 is 0 Å². The second-order valence-electron chi connectivity index (χ2n) is 6.96. The van der Waals surface area contributed by atoms with Crippen LogP contribution in [0.4, 0.5) is 5.69 Å². The number of phenols is 1. The maximum Gasteiger partial charge on any atom is 0.266 e. The number of aromatic hydroxyl groups is 1. The van der Waals surface area contributed by atoms with E-state index in [4.69, 9.17) is 32.7 Å². The zero-order valence-corrected chi connectivity index (χ0v) is 21.6. The number of amides is 1. The molecule has 3 rings (SSSR count). The van der Waals surface area contributed by atoms with Crippen LogP contribution in [0.5, 0.6) is 17.2 Å². The van der Waals surface area contributed by atoms with Gasteiger partial charge in [0.25, 0.3) is 5.91 Å². The van der Waals surface area contributed by atoms with E-state index in [0.29, 0.717) is 39.4 Å². The zero-order chi connectivity index (χ0) is 24.7. The van der Waals surface area contributed by atoms with Gasteiger partial charge in [0.2, 0.25) is 0 Å². The predicted octanol–water partition coefficient (Wildman–Crippen LogP) is 6.83. The summed E-state index contributed by atoms with van der Waals surface area (Å²) in [5, 5.41) is 22.6. The topological polar surface area (TPSA) is 91.6 Å². The molecule has 0 aromatic heterocycles. The summed E-state index contributed by atoms with van der Waals surface area (Å²) in [4.78, 5) is 12.6. The minimum absolute atomic E-state index is 0.0766. The standard InChI is InChI=1S/C25H19Cl2IN2O4/c1-2-33-23-11-15(9-17(13-29)25(32)30-19-5-7-20(31)8-6-19)10-22(28)24(23)34-14-16-3-4-18(26)12-21(16)27/h3-12,31H,2,14H2,1H3,(H,30,32)/b17-9-. The number of rotatable bonds is 8. The van der Waals surface area contributed by atoms with Crippen LogP contribution in [0.1, 0.15) is 18.1 Å². The van der Waals surface area contributed by atoms with Crippen LogP contribution in [0.2, 0.25) is 10.0 Å². The second-order valence-corrected chi connectivity index (χ2v) is 8.96. The largest absolute Gasteiger partial charge is 0.508 e. The average Bonchev–Trinajstić information content (AvgIpc) is 2.79. The van der Waals surface area contributed by atoms with Gasteiger partial charge in [-0.3, -0.25) is 4.79 Å². The van der Waals surface area contributed by atoms with Crippen LogP contribution < -0.4 is 14.8 Å². The number of phenolic OH excluding ortho intramolecular Hbond substituents is 1. The molecule has 0 fully saturated rings. The fourth-order valence-corrected chi connectivity index (χ4v) is 4.17. The number of hydrogen-bond acceptors (Lipinski definition) is 5. The quantitative estimate of drug-likeness (QED) is 0.127. The van der Waals surface area contributed by atoms with E-state index in [1.807, 2.05) is 13.0 Å². The Labute approximate surface area is 220 Å². The summed E-state index contributed by atoms with van der Waals surface area (Å²) in [6, 6.07) is 16.6. The second kappa shape index (κ2) is 12.0. The van der Waals surface area contributed by atoms with Crippen molar-refractivity contribution in [2.24, 2.45) is 0 Å². The van der Waals surface area contributed by atoms with Crippen molar-refractivity contribution >= 4 is 63.5 Å². The Morgan fingerprint density at radius 1 is 1.15 bits per heavy atom. The highest BCUT2D eigenvalue weighted by molar-refractivity contribution is 14.1. The number of anilines is 1. The first kappa shape index (κ1) is 25.7. The number of carbonyl (C=O) groups excluding carboxylic acids is 1. The van der Waals surface area contributed by atoms with Gasteiger partial charge in [0, 0.05) is 21.3 Å². The summed E-state index contributed by atoms with van der Waals surface area (Å²) < 4.78 is 12.5. The van der Waals surface area contributed by atoms with Gasteiger partial charge in [-0.2, -0.15) is 5.26 Å². The van der Waals surface area contributed by atoms with Gasteiger partial charge in [-0.25, -0.2) is 0 Å². The Bertz CT molecular complexity index is 1270. The molecule has 0 atom stereocenters. The lowest BCUT2D eigenvalue weighted by atomic mass is 10.1. The lowest BCUT2D eigenvalue weighted by molar-refractivity contribution is -0.112. The number of ether oxygens (including phenoxy) is 2. The molecule has 0 bridgehead atoms. The van der Waals surface area contributed by atoms with E-state index < -0.39 is 5.91 Å². The zero-order valence-electron chi connectivity index (χ0n) is 17.9. The van der Waals surface area contributed by atoms with Crippen LogP contribution in [-0.2, 0) is 11.4 Å². The van der Waals surface area contributed by atoms with Crippen molar-refractivity contribution in [3.05, 3.63) is 84.9 Å². The molecule has 0 spiro atoms. The van der Waals surface area contributed by atoms with E-state index in [9.17, 15) is 15.2 Å². The summed E-state index contributed by atoms with van der Waals surface area (Å²) in [5.41, 5.74) is 1.74. The molecule has 3 aromatic carbocycles. The molecule has 0 heterocycles. The molecule has 6 nitrogen and oxygen atoms in total. The van der Waals surface area contributed by atoms with Crippen LogP contribution in [0.25, 0.3) is 6.08 Å². The fraction of sp³-hybridized carbons (Fsp3) is 0.120. The average molecular weight is 609 g/mol. The van der Waals surface area contributed by atoms with Crippen LogP contribution in [0.3, 0.4) is 0 Å². The maximum absolute atomic E-state index is 12.6. The molecule has 34 heavy (non-hydrogen) atoms. The van der Waals surface area contributed by atoms with E-state index in [1.54, 1.807) is 30.3 Å². The third-order valence-corrected chi connectivity index (χ3v) is 5.91. The Morgan fingerprint density at radius 3 is 2.53 bits per heavy atom. The smallest absolute Gasteiger partial charge is 0.266 e. The highest BCUT2D eigenvalue weighted by Gasteiger charge is 2.15. The SMILES string of the molecule is CCOc1cc(/C=C(/C#N)C(=O)Nc2ccc(O)cc2)cc(I)c1OCc1ccc(Cl)cc1Cl. The number of nitrogens with zero attached hydrogens (tertiary/aromatic N) is 1. The molecule has 0 radical (unpaired) electrons. The molecule has 1 amide bonds.